The molecule has 4 rings (SSSR count). The first-order chi connectivity index (χ1) is 13.7. The third-order valence-corrected chi connectivity index (χ3v) is 5.09. The molecule has 0 saturated heterocycles. The highest BCUT2D eigenvalue weighted by Crippen LogP contribution is 2.27. The molecule has 1 aliphatic carbocycles. The van der Waals surface area contributed by atoms with E-state index >= 15 is 0 Å². The average molecular weight is 376 g/mol. The van der Waals surface area contributed by atoms with Crippen molar-refractivity contribution in [2.24, 2.45) is 0 Å². The summed E-state index contributed by atoms with van der Waals surface area (Å²) in [5.74, 6) is 0.978. The van der Waals surface area contributed by atoms with Gasteiger partial charge in [0.2, 0.25) is 5.95 Å². The van der Waals surface area contributed by atoms with Crippen molar-refractivity contribution in [1.29, 1.82) is 0 Å². The third kappa shape index (κ3) is 4.06. The fraction of sp³-hybridized carbons (Fsp3) is 0.318. The molecular formula is C22H24N4O2. The summed E-state index contributed by atoms with van der Waals surface area (Å²) in [5, 5.41) is 7.86. The number of ether oxygens (including phenoxy) is 1. The fourth-order valence-electron chi connectivity index (χ4n) is 3.65. The lowest BCUT2D eigenvalue weighted by Gasteiger charge is -2.24. The summed E-state index contributed by atoms with van der Waals surface area (Å²) < 4.78 is 4.79. The van der Waals surface area contributed by atoms with Gasteiger partial charge in [0.05, 0.1) is 18.2 Å². The number of methoxy groups -OCH3 is 1. The Hall–Kier alpha value is -3.15. The Morgan fingerprint density at radius 3 is 2.68 bits per heavy atom. The lowest BCUT2D eigenvalue weighted by Crippen LogP contribution is -2.23. The first-order valence-electron chi connectivity index (χ1n) is 9.71. The van der Waals surface area contributed by atoms with Gasteiger partial charge in [-0.1, -0.05) is 37.5 Å². The van der Waals surface area contributed by atoms with Crippen LogP contribution < -0.4 is 10.6 Å². The minimum atomic E-state index is -0.372. The molecule has 0 unspecified atom stereocenters. The van der Waals surface area contributed by atoms with Crippen LogP contribution in [0.4, 0.5) is 17.5 Å². The van der Waals surface area contributed by atoms with E-state index in [1.807, 2.05) is 30.3 Å². The Bertz CT molecular complexity index is 983. The highest BCUT2D eigenvalue weighted by molar-refractivity contribution is 5.92. The predicted octanol–water partition coefficient (Wildman–Crippen LogP) is 4.90. The van der Waals surface area contributed by atoms with Crippen LogP contribution in [0.25, 0.3) is 10.9 Å². The predicted molar refractivity (Wildman–Crippen MR) is 111 cm³/mol. The van der Waals surface area contributed by atoms with Crippen molar-refractivity contribution in [2.75, 3.05) is 17.7 Å². The van der Waals surface area contributed by atoms with E-state index in [1.54, 1.807) is 18.2 Å². The van der Waals surface area contributed by atoms with Crippen molar-refractivity contribution in [2.45, 2.75) is 38.1 Å². The summed E-state index contributed by atoms with van der Waals surface area (Å²) in [4.78, 5) is 21.2. The lowest BCUT2D eigenvalue weighted by molar-refractivity contribution is 0.0601. The number of aromatic nitrogens is 2. The number of benzene rings is 2. The van der Waals surface area contributed by atoms with Crippen LogP contribution in [0.1, 0.15) is 42.5 Å². The Labute approximate surface area is 164 Å². The number of para-hydroxylation sites is 1. The van der Waals surface area contributed by atoms with Crippen molar-refractivity contribution in [3.63, 3.8) is 0 Å². The molecule has 0 atom stereocenters. The number of carbonyl (C=O) groups excluding carboxylic acids is 1. The van der Waals surface area contributed by atoms with E-state index in [9.17, 15) is 4.79 Å². The molecule has 1 aromatic heterocycles. The Kier molecular flexibility index (Phi) is 5.37. The number of hydrogen-bond acceptors (Lipinski definition) is 6. The molecule has 3 aromatic rings. The maximum absolute atomic E-state index is 11.8. The standard InChI is InChI=1S/C22H24N4O2/c1-28-21(27)15-8-7-11-17(14-15)24-22-25-19-13-6-5-12-18(19)20(26-22)23-16-9-3-2-4-10-16/h5-8,11-14,16H,2-4,9-10H2,1H3,(H2,23,24,25,26). The molecule has 6 heteroatoms. The van der Waals surface area contributed by atoms with Crippen LogP contribution in [0.3, 0.4) is 0 Å². The molecule has 28 heavy (non-hydrogen) atoms. The van der Waals surface area contributed by atoms with E-state index in [-0.39, 0.29) is 5.97 Å². The van der Waals surface area contributed by atoms with Gasteiger partial charge in [0.1, 0.15) is 5.82 Å². The van der Waals surface area contributed by atoms with Gasteiger partial charge in [-0.25, -0.2) is 9.78 Å². The quantitative estimate of drug-likeness (QED) is 0.617. The van der Waals surface area contributed by atoms with E-state index in [2.05, 4.69) is 15.6 Å². The first kappa shape index (κ1) is 18.2. The smallest absolute Gasteiger partial charge is 0.337 e. The molecule has 0 spiro atoms. The van der Waals surface area contributed by atoms with Crippen molar-refractivity contribution < 1.29 is 9.53 Å². The second kappa shape index (κ2) is 8.25. The maximum Gasteiger partial charge on any atom is 0.337 e. The van der Waals surface area contributed by atoms with E-state index in [0.717, 1.165) is 22.4 Å². The van der Waals surface area contributed by atoms with E-state index in [4.69, 9.17) is 9.72 Å². The van der Waals surface area contributed by atoms with Crippen LogP contribution in [-0.4, -0.2) is 29.1 Å². The molecule has 1 fully saturated rings. The zero-order chi connectivity index (χ0) is 19.3. The van der Waals surface area contributed by atoms with Crippen LogP contribution in [-0.2, 0) is 4.74 Å². The maximum atomic E-state index is 11.8. The number of nitrogens with one attached hydrogen (secondary N) is 2. The van der Waals surface area contributed by atoms with Gasteiger partial charge >= 0.3 is 5.97 Å². The van der Waals surface area contributed by atoms with Gasteiger partial charge in [-0.2, -0.15) is 4.98 Å². The van der Waals surface area contributed by atoms with E-state index < -0.39 is 0 Å². The van der Waals surface area contributed by atoms with Gasteiger partial charge in [0.15, 0.2) is 0 Å². The number of fused-ring (bicyclic) bond motifs is 1. The van der Waals surface area contributed by atoms with Gasteiger partial charge in [-0.15, -0.1) is 0 Å². The van der Waals surface area contributed by atoms with E-state index in [1.165, 1.54) is 39.2 Å². The molecule has 1 saturated carbocycles. The zero-order valence-corrected chi connectivity index (χ0v) is 15.9. The lowest BCUT2D eigenvalue weighted by atomic mass is 9.95. The Morgan fingerprint density at radius 2 is 1.86 bits per heavy atom. The molecule has 0 aliphatic heterocycles. The minimum Gasteiger partial charge on any atom is -0.465 e. The van der Waals surface area contributed by atoms with Crippen molar-refractivity contribution in [3.8, 4) is 0 Å². The molecule has 144 valence electrons. The number of hydrogen-bond donors (Lipinski definition) is 2. The zero-order valence-electron chi connectivity index (χ0n) is 15.9. The largest absolute Gasteiger partial charge is 0.465 e. The van der Waals surface area contributed by atoms with Crippen LogP contribution in [0.5, 0.6) is 0 Å². The SMILES string of the molecule is COC(=O)c1cccc(Nc2nc(NC3CCCCC3)c3ccccc3n2)c1. The first-order valence-corrected chi connectivity index (χ1v) is 9.71. The third-order valence-electron chi connectivity index (χ3n) is 5.09. The summed E-state index contributed by atoms with van der Waals surface area (Å²) in [6.45, 7) is 0. The van der Waals surface area contributed by atoms with Gasteiger partial charge < -0.3 is 15.4 Å². The summed E-state index contributed by atoms with van der Waals surface area (Å²) in [6, 6.07) is 15.6. The van der Waals surface area contributed by atoms with Gasteiger partial charge in [-0.05, 0) is 43.2 Å². The molecule has 0 amide bonds. The molecule has 6 nitrogen and oxygen atoms in total. The summed E-state index contributed by atoms with van der Waals surface area (Å²) in [7, 11) is 1.37. The summed E-state index contributed by atoms with van der Waals surface area (Å²) in [6.07, 6.45) is 6.16. The molecule has 2 aromatic carbocycles. The van der Waals surface area contributed by atoms with Crippen LogP contribution >= 0.6 is 0 Å². The van der Waals surface area contributed by atoms with Crippen LogP contribution in [0, 0.1) is 0 Å². The summed E-state index contributed by atoms with van der Waals surface area (Å²) in [5.41, 5.74) is 2.10. The Morgan fingerprint density at radius 1 is 1.04 bits per heavy atom. The highest BCUT2D eigenvalue weighted by Gasteiger charge is 2.16. The molecule has 0 radical (unpaired) electrons. The van der Waals surface area contributed by atoms with Gasteiger partial charge in [-0.3, -0.25) is 0 Å². The second-order valence-electron chi connectivity index (χ2n) is 7.09. The fourth-order valence-corrected chi connectivity index (χ4v) is 3.65. The van der Waals surface area contributed by atoms with Crippen LogP contribution in [0.2, 0.25) is 0 Å². The number of anilines is 3. The van der Waals surface area contributed by atoms with Gasteiger partial charge in [0.25, 0.3) is 0 Å². The number of carbonyl (C=O) groups is 1. The second-order valence-corrected chi connectivity index (χ2v) is 7.09. The monoisotopic (exact) mass is 376 g/mol. The minimum absolute atomic E-state index is 0.372. The normalized spacial score (nSPS) is 14.6. The molecule has 0 bridgehead atoms. The van der Waals surface area contributed by atoms with Crippen molar-refractivity contribution in [1.82, 2.24) is 9.97 Å². The number of rotatable bonds is 5. The topological polar surface area (TPSA) is 76.1 Å². The molecule has 2 N–H and O–H groups in total. The van der Waals surface area contributed by atoms with Crippen LogP contribution in [0.15, 0.2) is 48.5 Å². The molecular weight excluding hydrogens is 352 g/mol. The Balaban J connectivity index is 1.65. The average Bonchev–Trinajstić information content (AvgIpc) is 2.74. The molecule has 1 aliphatic rings. The van der Waals surface area contributed by atoms with E-state index in [0.29, 0.717) is 17.6 Å². The molecule has 1 heterocycles. The highest BCUT2D eigenvalue weighted by atomic mass is 16.5. The summed E-state index contributed by atoms with van der Waals surface area (Å²) >= 11 is 0. The van der Waals surface area contributed by atoms with Gasteiger partial charge in [0, 0.05) is 17.1 Å². The van der Waals surface area contributed by atoms with Crippen molar-refractivity contribution in [3.05, 3.63) is 54.1 Å². The van der Waals surface area contributed by atoms with Crippen molar-refractivity contribution >= 4 is 34.3 Å². The number of esters is 1. The number of nitrogens with zero attached hydrogens (tertiary/aromatic N) is 2.